The lowest BCUT2D eigenvalue weighted by molar-refractivity contribution is 0.753. The molecular weight excluding hydrogens is 209 g/mol. The van der Waals surface area contributed by atoms with Crippen LogP contribution in [0.3, 0.4) is 0 Å². The van der Waals surface area contributed by atoms with E-state index in [1.54, 1.807) is 0 Å². The normalized spacial score (nSPS) is 14.4. The van der Waals surface area contributed by atoms with Crippen LogP contribution in [0, 0.1) is 0 Å². The lowest BCUT2D eigenvalue weighted by Crippen LogP contribution is -2.08. The molecule has 0 saturated heterocycles. The van der Waals surface area contributed by atoms with E-state index in [4.69, 9.17) is 0 Å². The quantitative estimate of drug-likeness (QED) is 0.774. The van der Waals surface area contributed by atoms with Crippen LogP contribution in [0.2, 0.25) is 0 Å². The second-order valence-electron chi connectivity index (χ2n) is 2.70. The maximum Gasteiger partial charge on any atom is 0.0648 e. The van der Waals surface area contributed by atoms with E-state index in [2.05, 4.69) is 16.5 Å². The molecule has 1 aliphatic heterocycles. The number of halogens is 2. The van der Waals surface area contributed by atoms with E-state index in [9.17, 15) is 0 Å². The Labute approximate surface area is 90.0 Å². The van der Waals surface area contributed by atoms with Crippen LogP contribution in [0.25, 0.3) is 5.57 Å². The Morgan fingerprint density at radius 2 is 2.23 bits per heavy atom. The summed E-state index contributed by atoms with van der Waals surface area (Å²) in [6, 6.07) is 2.04. The van der Waals surface area contributed by atoms with Crippen LogP contribution in [0.4, 0.5) is 0 Å². The highest BCUT2D eigenvalue weighted by Crippen LogP contribution is 2.13. The molecule has 0 fully saturated rings. The van der Waals surface area contributed by atoms with Gasteiger partial charge in [0.15, 0.2) is 0 Å². The number of hydrogen-bond donors (Lipinski definition) is 1. The molecule has 0 radical (unpaired) electrons. The molecule has 13 heavy (non-hydrogen) atoms. The molecule has 0 spiro atoms. The number of rotatable bonds is 1. The van der Waals surface area contributed by atoms with E-state index in [1.165, 1.54) is 11.3 Å². The minimum atomic E-state index is 0. The van der Waals surface area contributed by atoms with Gasteiger partial charge >= 0.3 is 0 Å². The van der Waals surface area contributed by atoms with Gasteiger partial charge in [0.05, 0.1) is 5.69 Å². The van der Waals surface area contributed by atoms with Crippen molar-refractivity contribution in [3.05, 3.63) is 24.0 Å². The molecule has 1 aliphatic rings. The number of aryl methyl sites for hydroxylation is 1. The first-order valence-corrected chi connectivity index (χ1v) is 3.76. The summed E-state index contributed by atoms with van der Waals surface area (Å²) in [5, 5.41) is 7.36. The first-order valence-electron chi connectivity index (χ1n) is 3.76. The van der Waals surface area contributed by atoms with Gasteiger partial charge in [-0.2, -0.15) is 5.10 Å². The third kappa shape index (κ3) is 2.46. The van der Waals surface area contributed by atoms with Crippen molar-refractivity contribution in [2.75, 3.05) is 13.1 Å². The molecule has 2 rings (SSSR count). The van der Waals surface area contributed by atoms with Crippen molar-refractivity contribution in [2.45, 2.75) is 0 Å². The van der Waals surface area contributed by atoms with E-state index >= 15 is 0 Å². The van der Waals surface area contributed by atoms with Gasteiger partial charge in [-0.25, -0.2) is 0 Å². The average Bonchev–Trinajstić information content (AvgIpc) is 2.55. The molecule has 1 aromatic heterocycles. The van der Waals surface area contributed by atoms with Gasteiger partial charge in [0.1, 0.15) is 0 Å². The molecule has 0 atom stereocenters. The van der Waals surface area contributed by atoms with Crippen molar-refractivity contribution >= 4 is 30.4 Å². The molecule has 3 nitrogen and oxygen atoms in total. The smallest absolute Gasteiger partial charge is 0.0648 e. The average molecular weight is 222 g/mol. The van der Waals surface area contributed by atoms with Crippen LogP contribution in [0.5, 0.6) is 0 Å². The molecule has 1 N–H and O–H groups in total. The van der Waals surface area contributed by atoms with Crippen LogP contribution in [0.1, 0.15) is 5.69 Å². The van der Waals surface area contributed by atoms with Gasteiger partial charge in [-0.1, -0.05) is 6.08 Å². The molecule has 2 heterocycles. The first kappa shape index (κ1) is 12.5. The van der Waals surface area contributed by atoms with E-state index in [0.717, 1.165) is 13.1 Å². The van der Waals surface area contributed by atoms with Crippen molar-refractivity contribution in [1.29, 1.82) is 0 Å². The van der Waals surface area contributed by atoms with Gasteiger partial charge in [0, 0.05) is 26.3 Å². The standard InChI is InChI=1S/C8H11N3.2ClH/c1-11-8(3-5-10-11)7-2-4-9-6-7;;/h2-3,5,9H,4,6H2,1H3;2*1H. The fraction of sp³-hybridized carbons (Fsp3) is 0.375. The number of hydrogen-bond acceptors (Lipinski definition) is 2. The second-order valence-corrected chi connectivity index (χ2v) is 2.70. The van der Waals surface area contributed by atoms with Crippen molar-refractivity contribution in [1.82, 2.24) is 15.1 Å². The second kappa shape index (κ2) is 5.27. The lowest BCUT2D eigenvalue weighted by Gasteiger charge is -2.00. The summed E-state index contributed by atoms with van der Waals surface area (Å²) in [7, 11) is 1.97. The van der Waals surface area contributed by atoms with Crippen molar-refractivity contribution in [3.8, 4) is 0 Å². The Hall–Kier alpha value is -0.510. The lowest BCUT2D eigenvalue weighted by atomic mass is 10.2. The maximum absolute atomic E-state index is 4.11. The van der Waals surface area contributed by atoms with Crippen LogP contribution in [0.15, 0.2) is 18.3 Å². The van der Waals surface area contributed by atoms with E-state index in [1.807, 2.05) is 24.0 Å². The topological polar surface area (TPSA) is 29.9 Å². The minimum absolute atomic E-state index is 0. The van der Waals surface area contributed by atoms with Crippen molar-refractivity contribution in [2.24, 2.45) is 7.05 Å². The molecule has 0 aliphatic carbocycles. The summed E-state index contributed by atoms with van der Waals surface area (Å²) in [5.74, 6) is 0. The monoisotopic (exact) mass is 221 g/mol. The number of nitrogens with zero attached hydrogens (tertiary/aromatic N) is 2. The van der Waals surface area contributed by atoms with E-state index < -0.39 is 0 Å². The fourth-order valence-corrected chi connectivity index (χ4v) is 1.36. The zero-order valence-corrected chi connectivity index (χ0v) is 8.99. The maximum atomic E-state index is 4.11. The Bertz CT molecular complexity index is 293. The Morgan fingerprint density at radius 1 is 1.46 bits per heavy atom. The first-order chi connectivity index (χ1) is 5.38. The molecule has 0 saturated carbocycles. The van der Waals surface area contributed by atoms with Crippen LogP contribution in [-0.4, -0.2) is 22.9 Å². The van der Waals surface area contributed by atoms with Gasteiger partial charge < -0.3 is 5.32 Å². The summed E-state index contributed by atoms with van der Waals surface area (Å²) >= 11 is 0. The molecular formula is C8H13Cl2N3. The molecule has 5 heteroatoms. The summed E-state index contributed by atoms with van der Waals surface area (Å²) < 4.78 is 1.90. The predicted octanol–water partition coefficient (Wildman–Crippen LogP) is 1.25. The number of aromatic nitrogens is 2. The Kier molecular flexibility index (Phi) is 5.06. The Morgan fingerprint density at radius 3 is 2.69 bits per heavy atom. The van der Waals surface area contributed by atoms with Gasteiger partial charge in [-0.3, -0.25) is 4.68 Å². The summed E-state index contributed by atoms with van der Waals surface area (Å²) in [4.78, 5) is 0. The molecule has 0 aromatic carbocycles. The van der Waals surface area contributed by atoms with Crippen molar-refractivity contribution < 1.29 is 0 Å². The van der Waals surface area contributed by atoms with Gasteiger partial charge in [-0.05, 0) is 11.6 Å². The van der Waals surface area contributed by atoms with Crippen LogP contribution in [-0.2, 0) is 7.05 Å². The van der Waals surface area contributed by atoms with Gasteiger partial charge in [-0.15, -0.1) is 24.8 Å². The van der Waals surface area contributed by atoms with Crippen molar-refractivity contribution in [3.63, 3.8) is 0 Å². The molecule has 1 aromatic rings. The van der Waals surface area contributed by atoms with E-state index in [-0.39, 0.29) is 24.8 Å². The summed E-state index contributed by atoms with van der Waals surface area (Å²) in [6.45, 7) is 1.96. The Balaban J connectivity index is 0.000000720. The largest absolute Gasteiger partial charge is 0.309 e. The van der Waals surface area contributed by atoms with Crippen LogP contribution >= 0.6 is 24.8 Å². The van der Waals surface area contributed by atoms with Crippen LogP contribution < -0.4 is 5.32 Å². The summed E-state index contributed by atoms with van der Waals surface area (Å²) in [6.07, 6.45) is 4.03. The molecule has 0 unspecified atom stereocenters. The SMILES string of the molecule is Cl.Cl.Cn1nccc1C1=CCNC1. The van der Waals surface area contributed by atoms with Gasteiger partial charge in [0.2, 0.25) is 0 Å². The highest BCUT2D eigenvalue weighted by molar-refractivity contribution is 5.85. The number of nitrogens with one attached hydrogen (secondary N) is 1. The summed E-state index contributed by atoms with van der Waals surface area (Å²) in [5.41, 5.74) is 2.57. The molecule has 0 bridgehead atoms. The zero-order valence-electron chi connectivity index (χ0n) is 7.36. The zero-order chi connectivity index (χ0) is 7.68. The predicted molar refractivity (Wildman–Crippen MR) is 58.6 cm³/mol. The third-order valence-corrected chi connectivity index (χ3v) is 1.96. The van der Waals surface area contributed by atoms with Gasteiger partial charge in [0.25, 0.3) is 0 Å². The van der Waals surface area contributed by atoms with E-state index in [0.29, 0.717) is 0 Å². The minimum Gasteiger partial charge on any atom is -0.309 e. The third-order valence-electron chi connectivity index (χ3n) is 1.96. The highest BCUT2D eigenvalue weighted by atomic mass is 35.5. The molecule has 74 valence electrons. The highest BCUT2D eigenvalue weighted by Gasteiger charge is 2.08. The fourth-order valence-electron chi connectivity index (χ4n) is 1.36. The molecule has 0 amide bonds.